The normalized spacial score (nSPS) is 11.4. The summed E-state index contributed by atoms with van der Waals surface area (Å²) in [5.41, 5.74) is 8.12. The fourth-order valence-corrected chi connectivity index (χ4v) is 5.67. The molecule has 168 valence electrons. The molecule has 4 heterocycles. The van der Waals surface area contributed by atoms with E-state index >= 15 is 0 Å². The minimum absolute atomic E-state index is 0.197. The van der Waals surface area contributed by atoms with Crippen molar-refractivity contribution in [2.75, 3.05) is 5.73 Å². The lowest BCUT2D eigenvalue weighted by molar-refractivity contribution is 0.292. The number of benzene rings is 2. The van der Waals surface area contributed by atoms with Crippen LogP contribution in [0.5, 0.6) is 5.88 Å². The molecular formula is C24H19N7OS2. The highest BCUT2D eigenvalue weighted by molar-refractivity contribution is 7.18. The second-order valence-corrected chi connectivity index (χ2v) is 9.73. The molecule has 6 aromatic rings. The predicted octanol–water partition coefficient (Wildman–Crippen LogP) is 4.94. The molecule has 0 aliphatic rings. The lowest BCUT2D eigenvalue weighted by Crippen LogP contribution is -2.09. The monoisotopic (exact) mass is 485 g/mol. The highest BCUT2D eigenvalue weighted by Gasteiger charge is 2.16. The fraction of sp³-hybridized carbons (Fsp3) is 0.125. The molecule has 0 amide bonds. The first kappa shape index (κ1) is 20.7. The van der Waals surface area contributed by atoms with Gasteiger partial charge in [0.2, 0.25) is 11.8 Å². The van der Waals surface area contributed by atoms with Crippen LogP contribution >= 0.6 is 22.7 Å². The summed E-state index contributed by atoms with van der Waals surface area (Å²) in [6, 6.07) is 18.1. The summed E-state index contributed by atoms with van der Waals surface area (Å²) < 4.78 is 10.0. The number of hydrogen-bond donors (Lipinski definition) is 1. The molecule has 0 fully saturated rings. The first-order valence-corrected chi connectivity index (χ1v) is 12.3. The summed E-state index contributed by atoms with van der Waals surface area (Å²) in [4.78, 5) is 18.1. The summed E-state index contributed by atoms with van der Waals surface area (Å²) in [5.74, 6) is 2.48. The zero-order valence-corrected chi connectivity index (χ0v) is 19.8. The number of rotatable bonds is 6. The Morgan fingerprint density at radius 1 is 0.971 bits per heavy atom. The van der Waals surface area contributed by atoms with Gasteiger partial charge in [0.25, 0.3) is 0 Å². The summed E-state index contributed by atoms with van der Waals surface area (Å²) in [6.45, 7) is 2.14. The van der Waals surface area contributed by atoms with Gasteiger partial charge in [0, 0.05) is 17.2 Å². The van der Waals surface area contributed by atoms with E-state index in [1.165, 1.54) is 15.6 Å². The zero-order chi connectivity index (χ0) is 23.1. The van der Waals surface area contributed by atoms with E-state index in [9.17, 15) is 0 Å². The first-order chi connectivity index (χ1) is 16.6. The number of nitrogen functional groups attached to an aromatic ring is 1. The number of aromatic nitrogens is 6. The largest absolute Gasteiger partial charge is 0.470 e. The van der Waals surface area contributed by atoms with Gasteiger partial charge in [0.15, 0.2) is 5.82 Å². The van der Waals surface area contributed by atoms with Gasteiger partial charge in [-0.25, -0.2) is 9.97 Å². The molecule has 0 saturated carbocycles. The zero-order valence-electron chi connectivity index (χ0n) is 18.2. The van der Waals surface area contributed by atoms with E-state index in [4.69, 9.17) is 10.5 Å². The van der Waals surface area contributed by atoms with Crippen molar-refractivity contribution in [1.29, 1.82) is 0 Å². The molecule has 0 radical (unpaired) electrons. The maximum atomic E-state index is 5.98. The van der Waals surface area contributed by atoms with Gasteiger partial charge in [-0.2, -0.15) is 14.6 Å². The van der Waals surface area contributed by atoms with Crippen LogP contribution in [-0.2, 0) is 13.0 Å². The average Bonchev–Trinajstić information content (AvgIpc) is 3.54. The third-order valence-corrected chi connectivity index (χ3v) is 7.32. The van der Waals surface area contributed by atoms with Gasteiger partial charge in [0.05, 0.1) is 10.2 Å². The lowest BCUT2D eigenvalue weighted by atomic mass is 10.1. The van der Waals surface area contributed by atoms with Crippen LogP contribution in [0.25, 0.3) is 26.1 Å². The van der Waals surface area contributed by atoms with Crippen LogP contribution in [0.1, 0.15) is 22.2 Å². The molecule has 34 heavy (non-hydrogen) atoms. The molecule has 10 heteroatoms. The Balaban J connectivity index is 1.29. The Hall–Kier alpha value is -3.89. The van der Waals surface area contributed by atoms with Crippen molar-refractivity contribution in [1.82, 2.24) is 29.7 Å². The molecule has 2 aromatic carbocycles. The Labute approximate surface area is 202 Å². The molecule has 0 spiro atoms. The molecular weight excluding hydrogens is 466 g/mol. The number of nitrogens with zero attached hydrogens (tertiary/aromatic N) is 6. The van der Waals surface area contributed by atoms with E-state index in [2.05, 4.69) is 48.6 Å². The van der Waals surface area contributed by atoms with Crippen molar-refractivity contribution in [2.24, 2.45) is 0 Å². The van der Waals surface area contributed by atoms with Gasteiger partial charge >= 0.3 is 0 Å². The van der Waals surface area contributed by atoms with Crippen molar-refractivity contribution in [2.45, 2.75) is 20.0 Å². The van der Waals surface area contributed by atoms with Crippen molar-refractivity contribution < 1.29 is 4.74 Å². The van der Waals surface area contributed by atoms with Crippen molar-refractivity contribution >= 4 is 48.9 Å². The molecule has 0 bridgehead atoms. The van der Waals surface area contributed by atoms with Gasteiger partial charge in [-0.05, 0) is 41.5 Å². The third kappa shape index (κ3) is 3.97. The summed E-state index contributed by atoms with van der Waals surface area (Å²) >= 11 is 3.32. The Morgan fingerprint density at radius 3 is 2.68 bits per heavy atom. The number of aryl methyl sites for hydroxylation is 1. The second-order valence-electron chi connectivity index (χ2n) is 7.71. The molecule has 0 unspecified atom stereocenters. The molecule has 6 rings (SSSR count). The molecule has 8 nitrogen and oxygen atoms in total. The summed E-state index contributed by atoms with van der Waals surface area (Å²) in [5, 5.41) is 8.64. The maximum Gasteiger partial charge on any atom is 0.240 e. The van der Waals surface area contributed by atoms with Crippen molar-refractivity contribution in [3.05, 3.63) is 82.2 Å². The van der Waals surface area contributed by atoms with E-state index in [0.29, 0.717) is 36.4 Å². The molecule has 0 aliphatic heterocycles. The topological polar surface area (TPSA) is 105 Å². The van der Waals surface area contributed by atoms with E-state index in [-0.39, 0.29) is 5.95 Å². The molecule has 0 saturated heterocycles. The summed E-state index contributed by atoms with van der Waals surface area (Å²) in [7, 11) is 0. The number of hydrogen-bond acceptors (Lipinski definition) is 9. The number of nitrogens with two attached hydrogens (primary N) is 1. The minimum atomic E-state index is 0.197. The van der Waals surface area contributed by atoms with Gasteiger partial charge in [-0.1, -0.05) is 30.3 Å². The Morgan fingerprint density at radius 2 is 1.79 bits per heavy atom. The molecule has 4 aromatic heterocycles. The third-order valence-electron chi connectivity index (χ3n) is 5.30. The van der Waals surface area contributed by atoms with Crippen LogP contribution < -0.4 is 10.5 Å². The molecule has 0 aliphatic carbocycles. The SMILES string of the molecule is Cc1nc(OCc2nc3ccccc3s2)cc(-n2nc(N)nc2Cc2csc3ccccc23)n1. The number of thiazole rings is 1. The highest BCUT2D eigenvalue weighted by atomic mass is 32.1. The van der Waals surface area contributed by atoms with Gasteiger partial charge in [-0.15, -0.1) is 27.8 Å². The number of fused-ring (bicyclic) bond motifs is 2. The molecule has 0 atom stereocenters. The minimum Gasteiger partial charge on any atom is -0.470 e. The number of anilines is 1. The Kier molecular flexibility index (Phi) is 5.16. The van der Waals surface area contributed by atoms with Crippen LogP contribution in [0.3, 0.4) is 0 Å². The second kappa shape index (κ2) is 8.47. The number of para-hydroxylation sites is 1. The van der Waals surface area contributed by atoms with Crippen molar-refractivity contribution in [3.8, 4) is 11.7 Å². The highest BCUT2D eigenvalue weighted by Crippen LogP contribution is 2.28. The lowest BCUT2D eigenvalue weighted by Gasteiger charge is -2.09. The van der Waals surface area contributed by atoms with Crippen LogP contribution in [-0.4, -0.2) is 29.7 Å². The van der Waals surface area contributed by atoms with E-state index in [0.717, 1.165) is 15.2 Å². The maximum absolute atomic E-state index is 5.98. The standard InChI is InChI=1S/C24H19N7OS2/c1-14-26-21(11-22(27-14)32-12-23-28-17-7-3-5-9-19(17)34-23)31-20(29-24(25)30-31)10-15-13-33-18-8-4-2-6-16(15)18/h2-9,11,13H,10,12H2,1H3,(H2,25,30). The van der Waals surface area contributed by atoms with Crippen LogP contribution in [0, 0.1) is 6.92 Å². The average molecular weight is 486 g/mol. The van der Waals surface area contributed by atoms with Gasteiger partial charge < -0.3 is 10.5 Å². The Bertz CT molecular complexity index is 1600. The van der Waals surface area contributed by atoms with Crippen LogP contribution in [0.4, 0.5) is 5.95 Å². The van der Waals surface area contributed by atoms with E-state index in [1.54, 1.807) is 33.4 Å². The van der Waals surface area contributed by atoms with Crippen LogP contribution in [0.15, 0.2) is 60.0 Å². The quantitative estimate of drug-likeness (QED) is 0.356. The van der Waals surface area contributed by atoms with Gasteiger partial charge in [-0.3, -0.25) is 0 Å². The first-order valence-electron chi connectivity index (χ1n) is 10.6. The fourth-order valence-electron chi connectivity index (χ4n) is 3.83. The van der Waals surface area contributed by atoms with Gasteiger partial charge in [0.1, 0.15) is 23.3 Å². The van der Waals surface area contributed by atoms with Crippen LogP contribution in [0.2, 0.25) is 0 Å². The predicted molar refractivity (Wildman–Crippen MR) is 135 cm³/mol. The summed E-state index contributed by atoms with van der Waals surface area (Å²) in [6.07, 6.45) is 0.582. The van der Waals surface area contributed by atoms with E-state index in [1.807, 2.05) is 37.3 Å². The number of thiophene rings is 1. The van der Waals surface area contributed by atoms with E-state index < -0.39 is 0 Å². The molecule has 2 N–H and O–H groups in total. The van der Waals surface area contributed by atoms with Crippen molar-refractivity contribution in [3.63, 3.8) is 0 Å². The number of ether oxygens (including phenoxy) is 1. The smallest absolute Gasteiger partial charge is 0.240 e.